The molecule has 0 atom stereocenters. The van der Waals surface area contributed by atoms with Crippen LogP contribution >= 0.6 is 0 Å². The quantitative estimate of drug-likeness (QED) is 0.406. The Hall–Kier alpha value is 0.0234. The van der Waals surface area contributed by atoms with E-state index in [1.54, 1.807) is 19.2 Å². The summed E-state index contributed by atoms with van der Waals surface area (Å²) in [5, 5.41) is 0. The third kappa shape index (κ3) is 5.65. The Labute approximate surface area is 97.4 Å². The molecule has 1 aromatic carbocycles. The average Bonchev–Trinajstić information content (AvgIpc) is 1.90. The van der Waals surface area contributed by atoms with Crippen molar-refractivity contribution in [2.24, 2.45) is 0 Å². The molecule has 5 heteroatoms. The maximum Gasteiger partial charge on any atom is 2.00 e. The third-order valence-electron chi connectivity index (χ3n) is 1.12. The minimum absolute atomic E-state index is 0. The summed E-state index contributed by atoms with van der Waals surface area (Å²) in [6.07, 6.45) is 0. The zero-order valence-corrected chi connectivity index (χ0v) is 11.2. The molecule has 0 aliphatic heterocycles. The summed E-state index contributed by atoms with van der Waals surface area (Å²) in [6.45, 7) is 0. The SMILES string of the molecule is COc1ccc(N)cc1.[Cl-].[Cl-].[Zn+2]. The maximum absolute atomic E-state index is 5.43. The minimum Gasteiger partial charge on any atom is -1.00 e. The Morgan fingerprint density at radius 1 is 1.08 bits per heavy atom. The van der Waals surface area contributed by atoms with Gasteiger partial charge >= 0.3 is 19.5 Å². The van der Waals surface area contributed by atoms with Gasteiger partial charge in [0.05, 0.1) is 7.11 Å². The van der Waals surface area contributed by atoms with Crippen molar-refractivity contribution >= 4 is 5.69 Å². The number of methoxy groups -OCH3 is 1. The molecule has 0 radical (unpaired) electrons. The zero-order valence-electron chi connectivity index (χ0n) is 6.76. The van der Waals surface area contributed by atoms with E-state index in [0.29, 0.717) is 0 Å². The van der Waals surface area contributed by atoms with Crippen LogP contribution in [0.15, 0.2) is 24.3 Å². The summed E-state index contributed by atoms with van der Waals surface area (Å²) in [4.78, 5) is 0. The molecule has 0 aliphatic carbocycles. The number of ether oxygens (including phenoxy) is 1. The minimum atomic E-state index is 0. The molecule has 0 saturated heterocycles. The first-order chi connectivity index (χ1) is 4.33. The van der Waals surface area contributed by atoms with E-state index in [-0.39, 0.29) is 44.3 Å². The van der Waals surface area contributed by atoms with Crippen molar-refractivity contribution in [3.63, 3.8) is 0 Å². The molecule has 0 unspecified atom stereocenters. The standard InChI is InChI=1S/C7H9NO.2ClH.Zn/c1-9-7-4-2-6(8)3-5-7;;;/h2-5H,8H2,1H3;2*1H;/q;;;+2/p-2. The van der Waals surface area contributed by atoms with Crippen LogP contribution in [-0.2, 0) is 19.5 Å². The van der Waals surface area contributed by atoms with Gasteiger partial charge in [-0.3, -0.25) is 0 Å². The van der Waals surface area contributed by atoms with Crippen LogP contribution in [0, 0.1) is 0 Å². The first-order valence-corrected chi connectivity index (χ1v) is 2.72. The molecule has 0 heterocycles. The molecule has 0 aromatic heterocycles. The molecule has 0 bridgehead atoms. The predicted octanol–water partition coefficient (Wildman–Crippen LogP) is -4.72. The van der Waals surface area contributed by atoms with Gasteiger partial charge in [-0.1, -0.05) is 0 Å². The Morgan fingerprint density at radius 3 is 1.83 bits per heavy atom. The second-order valence-corrected chi connectivity index (χ2v) is 1.77. The van der Waals surface area contributed by atoms with Crippen LogP contribution in [0.5, 0.6) is 5.75 Å². The number of halogens is 2. The summed E-state index contributed by atoms with van der Waals surface area (Å²) in [5.74, 6) is 0.837. The van der Waals surface area contributed by atoms with Crippen LogP contribution in [0.2, 0.25) is 0 Å². The third-order valence-corrected chi connectivity index (χ3v) is 1.12. The van der Waals surface area contributed by atoms with Crippen molar-refractivity contribution in [2.75, 3.05) is 12.8 Å². The van der Waals surface area contributed by atoms with Gasteiger partial charge in [0, 0.05) is 5.69 Å². The van der Waals surface area contributed by atoms with Crippen molar-refractivity contribution in [1.29, 1.82) is 0 Å². The van der Waals surface area contributed by atoms with Crippen LogP contribution in [0.4, 0.5) is 5.69 Å². The number of hydrogen-bond donors (Lipinski definition) is 1. The van der Waals surface area contributed by atoms with Crippen molar-refractivity contribution in [1.82, 2.24) is 0 Å². The molecule has 2 nitrogen and oxygen atoms in total. The van der Waals surface area contributed by atoms with Crippen LogP contribution in [0.1, 0.15) is 0 Å². The van der Waals surface area contributed by atoms with Gasteiger partial charge in [0.15, 0.2) is 0 Å². The van der Waals surface area contributed by atoms with Crippen molar-refractivity contribution < 1.29 is 49.0 Å². The topological polar surface area (TPSA) is 35.2 Å². The van der Waals surface area contributed by atoms with Crippen molar-refractivity contribution in [3.05, 3.63) is 24.3 Å². The van der Waals surface area contributed by atoms with Gasteiger partial charge in [-0.25, -0.2) is 0 Å². The molecule has 0 spiro atoms. The van der Waals surface area contributed by atoms with Gasteiger partial charge < -0.3 is 35.3 Å². The van der Waals surface area contributed by atoms with Crippen molar-refractivity contribution in [3.8, 4) is 5.75 Å². The van der Waals surface area contributed by atoms with E-state index in [1.165, 1.54) is 0 Å². The molecule has 0 aliphatic rings. The fourth-order valence-electron chi connectivity index (χ4n) is 0.604. The summed E-state index contributed by atoms with van der Waals surface area (Å²) < 4.78 is 4.91. The number of nitrogen functional groups attached to an aromatic ring is 1. The van der Waals surface area contributed by atoms with Crippen LogP contribution in [0.25, 0.3) is 0 Å². The van der Waals surface area contributed by atoms with E-state index < -0.39 is 0 Å². The second kappa shape index (κ2) is 9.11. The van der Waals surface area contributed by atoms with Crippen LogP contribution in [-0.4, -0.2) is 7.11 Å². The van der Waals surface area contributed by atoms with E-state index in [1.807, 2.05) is 12.1 Å². The van der Waals surface area contributed by atoms with E-state index in [2.05, 4.69) is 0 Å². The number of anilines is 1. The number of rotatable bonds is 1. The predicted molar refractivity (Wildman–Crippen MR) is 37.4 cm³/mol. The normalized spacial score (nSPS) is 6.75. The molecule has 0 amide bonds. The Bertz CT molecular complexity index is 193. The summed E-state index contributed by atoms with van der Waals surface area (Å²) >= 11 is 0. The number of benzene rings is 1. The molecular weight excluding hydrogens is 250 g/mol. The second-order valence-electron chi connectivity index (χ2n) is 1.77. The zero-order chi connectivity index (χ0) is 6.69. The summed E-state index contributed by atoms with van der Waals surface area (Å²) in [7, 11) is 1.63. The van der Waals surface area contributed by atoms with E-state index >= 15 is 0 Å². The number of nitrogens with two attached hydrogens (primary N) is 1. The maximum atomic E-state index is 5.43. The van der Waals surface area contributed by atoms with Gasteiger partial charge in [0.1, 0.15) is 5.75 Å². The Kier molecular flexibility index (Phi) is 13.6. The molecular formula is C7H9Cl2NOZn. The monoisotopic (exact) mass is 257 g/mol. The fraction of sp³-hybridized carbons (Fsp3) is 0.143. The molecule has 2 N–H and O–H groups in total. The smallest absolute Gasteiger partial charge is 1.00 e. The molecule has 0 fully saturated rings. The molecule has 1 aromatic rings. The summed E-state index contributed by atoms with van der Waals surface area (Å²) in [6, 6.07) is 7.27. The van der Waals surface area contributed by atoms with Gasteiger partial charge in [-0.15, -0.1) is 0 Å². The fourth-order valence-corrected chi connectivity index (χ4v) is 0.604. The molecule has 64 valence electrons. The van der Waals surface area contributed by atoms with Gasteiger partial charge in [0.25, 0.3) is 0 Å². The molecule has 12 heavy (non-hydrogen) atoms. The number of hydrogen-bond acceptors (Lipinski definition) is 2. The largest absolute Gasteiger partial charge is 2.00 e. The average molecular weight is 259 g/mol. The summed E-state index contributed by atoms with van der Waals surface area (Å²) in [5.41, 5.74) is 6.19. The molecule has 1 rings (SSSR count). The van der Waals surface area contributed by atoms with Gasteiger partial charge in [0.2, 0.25) is 0 Å². The van der Waals surface area contributed by atoms with Crippen LogP contribution in [0.3, 0.4) is 0 Å². The Balaban J connectivity index is -0.000000270. The van der Waals surface area contributed by atoms with E-state index in [0.717, 1.165) is 11.4 Å². The van der Waals surface area contributed by atoms with E-state index in [4.69, 9.17) is 10.5 Å². The van der Waals surface area contributed by atoms with Crippen LogP contribution < -0.4 is 35.3 Å². The van der Waals surface area contributed by atoms with Crippen molar-refractivity contribution in [2.45, 2.75) is 0 Å². The van der Waals surface area contributed by atoms with E-state index in [9.17, 15) is 0 Å². The first-order valence-electron chi connectivity index (χ1n) is 2.72. The first kappa shape index (κ1) is 17.9. The molecule has 0 saturated carbocycles. The van der Waals surface area contributed by atoms with Gasteiger partial charge in [-0.05, 0) is 24.3 Å². The van der Waals surface area contributed by atoms with Gasteiger partial charge in [-0.2, -0.15) is 0 Å². The Morgan fingerprint density at radius 2 is 1.50 bits per heavy atom.